The van der Waals surface area contributed by atoms with Gasteiger partial charge < -0.3 is 19.9 Å². The summed E-state index contributed by atoms with van der Waals surface area (Å²) in [5.41, 5.74) is 0. The lowest BCUT2D eigenvalue weighted by Crippen LogP contribution is -2.50. The van der Waals surface area contributed by atoms with Crippen LogP contribution in [0, 0.1) is 0 Å². The number of piperazine rings is 1. The molecule has 108 valence electrons. The molecular formula is C13H24N4O2. The maximum atomic E-state index is 12.4. The van der Waals surface area contributed by atoms with E-state index in [1.807, 2.05) is 4.90 Å². The summed E-state index contributed by atoms with van der Waals surface area (Å²) in [5.74, 6) is 0. The fraction of sp³-hybridized carbons (Fsp3) is 0.923. The van der Waals surface area contributed by atoms with Gasteiger partial charge in [0.2, 0.25) is 0 Å². The van der Waals surface area contributed by atoms with Crippen LogP contribution in [0.2, 0.25) is 0 Å². The van der Waals surface area contributed by atoms with E-state index in [-0.39, 0.29) is 6.03 Å². The Hall–Kier alpha value is -0.850. The van der Waals surface area contributed by atoms with E-state index in [0.29, 0.717) is 12.1 Å². The number of methoxy groups -OCH3 is 1. The molecule has 19 heavy (non-hydrogen) atoms. The van der Waals surface area contributed by atoms with Crippen molar-refractivity contribution in [2.45, 2.75) is 18.5 Å². The van der Waals surface area contributed by atoms with Crippen LogP contribution in [0.3, 0.4) is 0 Å². The summed E-state index contributed by atoms with van der Waals surface area (Å²) in [4.78, 5) is 19.0. The fourth-order valence-electron chi connectivity index (χ4n) is 3.44. The number of hydrogen-bond donors (Lipinski definition) is 1. The average Bonchev–Trinajstić information content (AvgIpc) is 3.02. The molecule has 0 aromatic rings. The Bertz CT molecular complexity index is 339. The van der Waals surface area contributed by atoms with Crippen LogP contribution in [0.1, 0.15) is 6.42 Å². The number of amides is 2. The van der Waals surface area contributed by atoms with Crippen molar-refractivity contribution in [1.82, 2.24) is 20.0 Å². The van der Waals surface area contributed by atoms with E-state index in [9.17, 15) is 4.79 Å². The van der Waals surface area contributed by atoms with Crippen LogP contribution in [-0.4, -0.2) is 92.3 Å². The van der Waals surface area contributed by atoms with Gasteiger partial charge in [0.15, 0.2) is 0 Å². The minimum atomic E-state index is 0.255. The number of rotatable bonds is 4. The molecule has 2 amide bonds. The number of hydrogen-bond acceptors (Lipinski definition) is 4. The number of carbonyl (C=O) groups excluding carboxylic acids is 1. The van der Waals surface area contributed by atoms with Gasteiger partial charge in [0, 0.05) is 59.0 Å². The SMILES string of the molecule is COCCN1CCC(N2CC3CNCCN3C2=O)C1. The summed E-state index contributed by atoms with van der Waals surface area (Å²) in [7, 11) is 1.74. The maximum absolute atomic E-state index is 12.4. The van der Waals surface area contributed by atoms with Crippen LogP contribution in [0.4, 0.5) is 4.79 Å². The van der Waals surface area contributed by atoms with E-state index < -0.39 is 0 Å². The molecule has 3 heterocycles. The Balaban J connectivity index is 1.57. The predicted molar refractivity (Wildman–Crippen MR) is 72.2 cm³/mol. The smallest absolute Gasteiger partial charge is 0.320 e. The van der Waals surface area contributed by atoms with Crippen LogP contribution in [0.5, 0.6) is 0 Å². The van der Waals surface area contributed by atoms with E-state index in [4.69, 9.17) is 4.74 Å². The van der Waals surface area contributed by atoms with Gasteiger partial charge in [-0.15, -0.1) is 0 Å². The van der Waals surface area contributed by atoms with Gasteiger partial charge >= 0.3 is 6.03 Å². The zero-order valence-corrected chi connectivity index (χ0v) is 11.7. The Kier molecular flexibility index (Phi) is 3.91. The van der Waals surface area contributed by atoms with Crippen molar-refractivity contribution in [3.05, 3.63) is 0 Å². The lowest BCUT2D eigenvalue weighted by Gasteiger charge is -2.28. The zero-order chi connectivity index (χ0) is 13.2. The molecule has 0 bridgehead atoms. The van der Waals surface area contributed by atoms with Crippen molar-refractivity contribution in [3.63, 3.8) is 0 Å². The summed E-state index contributed by atoms with van der Waals surface area (Å²) in [5, 5.41) is 3.38. The molecular weight excluding hydrogens is 244 g/mol. The van der Waals surface area contributed by atoms with Crippen molar-refractivity contribution in [2.24, 2.45) is 0 Å². The molecule has 0 spiro atoms. The quantitative estimate of drug-likeness (QED) is 0.741. The highest BCUT2D eigenvalue weighted by Crippen LogP contribution is 2.24. The average molecular weight is 268 g/mol. The number of ether oxygens (including phenoxy) is 1. The normalized spacial score (nSPS) is 32.2. The number of nitrogens with one attached hydrogen (secondary N) is 1. The molecule has 3 fully saturated rings. The highest BCUT2D eigenvalue weighted by Gasteiger charge is 2.42. The van der Waals surface area contributed by atoms with E-state index >= 15 is 0 Å². The minimum Gasteiger partial charge on any atom is -0.383 e. The van der Waals surface area contributed by atoms with Gasteiger partial charge in [-0.05, 0) is 6.42 Å². The second kappa shape index (κ2) is 5.64. The molecule has 0 radical (unpaired) electrons. The Morgan fingerprint density at radius 1 is 1.26 bits per heavy atom. The highest BCUT2D eigenvalue weighted by atomic mass is 16.5. The third kappa shape index (κ3) is 2.57. The summed E-state index contributed by atoms with van der Waals surface area (Å²) in [6.45, 7) is 7.48. The van der Waals surface area contributed by atoms with Gasteiger partial charge in [-0.2, -0.15) is 0 Å². The number of carbonyl (C=O) groups is 1. The first-order valence-electron chi connectivity index (χ1n) is 7.29. The van der Waals surface area contributed by atoms with Crippen LogP contribution in [0.25, 0.3) is 0 Å². The molecule has 6 heteroatoms. The summed E-state index contributed by atoms with van der Waals surface area (Å²) < 4.78 is 5.12. The number of urea groups is 1. The van der Waals surface area contributed by atoms with Gasteiger partial charge in [-0.25, -0.2) is 4.79 Å². The second-order valence-corrected chi connectivity index (χ2v) is 5.72. The Morgan fingerprint density at radius 3 is 2.95 bits per heavy atom. The van der Waals surface area contributed by atoms with Crippen LogP contribution < -0.4 is 5.32 Å². The van der Waals surface area contributed by atoms with E-state index in [0.717, 1.165) is 58.8 Å². The Morgan fingerprint density at radius 2 is 2.16 bits per heavy atom. The van der Waals surface area contributed by atoms with Crippen molar-refractivity contribution in [3.8, 4) is 0 Å². The molecule has 3 aliphatic rings. The van der Waals surface area contributed by atoms with Gasteiger partial charge in [0.05, 0.1) is 12.6 Å². The number of fused-ring (bicyclic) bond motifs is 1. The topological polar surface area (TPSA) is 48.1 Å². The van der Waals surface area contributed by atoms with Crippen molar-refractivity contribution < 1.29 is 9.53 Å². The number of likely N-dealkylation sites (tertiary alicyclic amines) is 1. The summed E-state index contributed by atoms with van der Waals surface area (Å²) in [6.07, 6.45) is 1.10. The summed E-state index contributed by atoms with van der Waals surface area (Å²) in [6, 6.07) is 1.04. The molecule has 1 N–H and O–H groups in total. The second-order valence-electron chi connectivity index (χ2n) is 5.72. The van der Waals surface area contributed by atoms with Gasteiger partial charge in [-0.1, -0.05) is 0 Å². The molecule has 3 saturated heterocycles. The molecule has 0 aromatic heterocycles. The molecule has 0 aromatic carbocycles. The maximum Gasteiger partial charge on any atom is 0.320 e. The highest BCUT2D eigenvalue weighted by molar-refractivity contribution is 5.78. The zero-order valence-electron chi connectivity index (χ0n) is 11.7. The van der Waals surface area contributed by atoms with Crippen LogP contribution in [-0.2, 0) is 4.74 Å². The third-order valence-corrected chi connectivity index (χ3v) is 4.55. The lowest BCUT2D eigenvalue weighted by molar-refractivity contribution is 0.152. The molecule has 2 unspecified atom stereocenters. The van der Waals surface area contributed by atoms with Crippen LogP contribution in [0.15, 0.2) is 0 Å². The van der Waals surface area contributed by atoms with Crippen molar-refractivity contribution in [1.29, 1.82) is 0 Å². The van der Waals surface area contributed by atoms with Gasteiger partial charge in [-0.3, -0.25) is 4.90 Å². The number of nitrogens with zero attached hydrogens (tertiary/aromatic N) is 3. The Labute approximate surface area is 114 Å². The molecule has 6 nitrogen and oxygen atoms in total. The van der Waals surface area contributed by atoms with Crippen molar-refractivity contribution in [2.75, 3.05) is 59.5 Å². The van der Waals surface area contributed by atoms with Gasteiger partial charge in [0.1, 0.15) is 0 Å². The molecule has 0 aliphatic carbocycles. The predicted octanol–water partition coefficient (Wildman–Crippen LogP) is -0.583. The molecule has 3 aliphatic heterocycles. The van der Waals surface area contributed by atoms with E-state index in [1.165, 1.54) is 0 Å². The van der Waals surface area contributed by atoms with E-state index in [2.05, 4.69) is 15.1 Å². The molecule has 0 saturated carbocycles. The van der Waals surface area contributed by atoms with Crippen LogP contribution >= 0.6 is 0 Å². The van der Waals surface area contributed by atoms with Gasteiger partial charge in [0.25, 0.3) is 0 Å². The molecule has 2 atom stereocenters. The monoisotopic (exact) mass is 268 g/mol. The first kappa shape index (κ1) is 13.1. The lowest BCUT2D eigenvalue weighted by atomic mass is 10.2. The first-order chi connectivity index (χ1) is 9.29. The minimum absolute atomic E-state index is 0.255. The first-order valence-corrected chi connectivity index (χ1v) is 7.29. The summed E-state index contributed by atoms with van der Waals surface area (Å²) >= 11 is 0. The van der Waals surface area contributed by atoms with E-state index in [1.54, 1.807) is 7.11 Å². The molecule has 3 rings (SSSR count). The van der Waals surface area contributed by atoms with Crippen molar-refractivity contribution >= 4 is 6.03 Å². The third-order valence-electron chi connectivity index (χ3n) is 4.55. The largest absolute Gasteiger partial charge is 0.383 e. The fourth-order valence-corrected chi connectivity index (χ4v) is 3.44. The standard InChI is InChI=1S/C13H24N4O2/c1-19-7-6-15-4-2-11(9-15)17-10-12-8-14-3-5-16(12)13(17)18/h11-12,14H,2-10H2,1H3.